The standard InChI is InChI=1S/C12H16N4O2/c17-11(16-6-4-13-5-7-16)9-15-12(18)10-2-1-3-14-8-10/h1-3,8,13H,4-7,9H2,(H,15,18). The smallest absolute Gasteiger partial charge is 0.253 e. The largest absolute Gasteiger partial charge is 0.343 e. The third kappa shape index (κ3) is 3.27. The highest BCUT2D eigenvalue weighted by atomic mass is 16.2. The zero-order valence-electron chi connectivity index (χ0n) is 10.1. The summed E-state index contributed by atoms with van der Waals surface area (Å²) in [7, 11) is 0. The minimum absolute atomic E-state index is 0.0354. The summed E-state index contributed by atoms with van der Waals surface area (Å²) in [6.07, 6.45) is 3.08. The molecule has 18 heavy (non-hydrogen) atoms. The van der Waals surface area contributed by atoms with Crippen LogP contribution in [0.5, 0.6) is 0 Å². The van der Waals surface area contributed by atoms with Crippen molar-refractivity contribution in [1.82, 2.24) is 20.5 Å². The Morgan fingerprint density at radius 1 is 1.39 bits per heavy atom. The van der Waals surface area contributed by atoms with E-state index in [2.05, 4.69) is 15.6 Å². The summed E-state index contributed by atoms with van der Waals surface area (Å²) in [4.78, 5) is 29.1. The average molecular weight is 248 g/mol. The number of nitrogens with zero attached hydrogens (tertiary/aromatic N) is 2. The minimum atomic E-state index is -0.272. The maximum absolute atomic E-state index is 11.8. The Labute approximate surface area is 105 Å². The molecule has 0 aliphatic carbocycles. The van der Waals surface area contributed by atoms with Crippen LogP contribution in [0.3, 0.4) is 0 Å². The molecule has 1 aliphatic heterocycles. The Hall–Kier alpha value is -1.95. The fourth-order valence-corrected chi connectivity index (χ4v) is 1.78. The van der Waals surface area contributed by atoms with Crippen LogP contribution in [-0.4, -0.2) is 54.4 Å². The zero-order chi connectivity index (χ0) is 12.8. The summed E-state index contributed by atoms with van der Waals surface area (Å²) in [5, 5.41) is 5.78. The number of carbonyl (C=O) groups is 2. The first-order chi connectivity index (χ1) is 8.77. The van der Waals surface area contributed by atoms with Gasteiger partial charge in [-0.05, 0) is 12.1 Å². The molecule has 6 heteroatoms. The maximum Gasteiger partial charge on any atom is 0.253 e. The first-order valence-electron chi connectivity index (χ1n) is 5.94. The van der Waals surface area contributed by atoms with Crippen LogP contribution < -0.4 is 10.6 Å². The lowest BCUT2D eigenvalue weighted by atomic mass is 10.2. The third-order valence-corrected chi connectivity index (χ3v) is 2.79. The van der Waals surface area contributed by atoms with Gasteiger partial charge in [0.25, 0.3) is 5.91 Å². The van der Waals surface area contributed by atoms with E-state index in [1.807, 2.05) is 0 Å². The van der Waals surface area contributed by atoms with Gasteiger partial charge in [-0.1, -0.05) is 0 Å². The lowest BCUT2D eigenvalue weighted by Gasteiger charge is -2.27. The molecule has 96 valence electrons. The molecule has 1 aliphatic rings. The van der Waals surface area contributed by atoms with Crippen molar-refractivity contribution in [3.63, 3.8) is 0 Å². The van der Waals surface area contributed by atoms with E-state index >= 15 is 0 Å². The fourth-order valence-electron chi connectivity index (χ4n) is 1.78. The molecular weight excluding hydrogens is 232 g/mol. The van der Waals surface area contributed by atoms with Gasteiger partial charge in [-0.15, -0.1) is 0 Å². The summed E-state index contributed by atoms with van der Waals surface area (Å²) >= 11 is 0. The van der Waals surface area contributed by atoms with Gasteiger partial charge in [0.1, 0.15) is 0 Å². The van der Waals surface area contributed by atoms with Crippen LogP contribution in [0.15, 0.2) is 24.5 Å². The Morgan fingerprint density at radius 2 is 2.17 bits per heavy atom. The summed E-state index contributed by atoms with van der Waals surface area (Å²) in [5.74, 6) is -0.319. The van der Waals surface area contributed by atoms with E-state index in [9.17, 15) is 9.59 Å². The van der Waals surface area contributed by atoms with Crippen molar-refractivity contribution in [1.29, 1.82) is 0 Å². The molecule has 0 atom stereocenters. The first-order valence-corrected chi connectivity index (χ1v) is 5.94. The number of rotatable bonds is 3. The minimum Gasteiger partial charge on any atom is -0.343 e. The average Bonchev–Trinajstić information content (AvgIpc) is 2.46. The number of pyridine rings is 1. The van der Waals surface area contributed by atoms with Crippen LogP contribution in [-0.2, 0) is 4.79 Å². The van der Waals surface area contributed by atoms with E-state index in [1.165, 1.54) is 6.20 Å². The van der Waals surface area contributed by atoms with E-state index in [1.54, 1.807) is 23.2 Å². The monoisotopic (exact) mass is 248 g/mol. The molecule has 6 nitrogen and oxygen atoms in total. The van der Waals surface area contributed by atoms with Gasteiger partial charge < -0.3 is 15.5 Å². The molecule has 0 unspecified atom stereocenters. The molecule has 0 spiro atoms. The predicted molar refractivity (Wildman–Crippen MR) is 66.0 cm³/mol. The fraction of sp³-hybridized carbons (Fsp3) is 0.417. The molecule has 2 rings (SSSR count). The first kappa shape index (κ1) is 12.5. The molecule has 0 saturated carbocycles. The number of hydrogen-bond donors (Lipinski definition) is 2. The van der Waals surface area contributed by atoms with Gasteiger partial charge in [0.05, 0.1) is 12.1 Å². The van der Waals surface area contributed by atoms with E-state index in [0.29, 0.717) is 18.7 Å². The van der Waals surface area contributed by atoms with Gasteiger partial charge in [-0.2, -0.15) is 0 Å². The van der Waals surface area contributed by atoms with Crippen molar-refractivity contribution in [3.05, 3.63) is 30.1 Å². The summed E-state index contributed by atoms with van der Waals surface area (Å²) < 4.78 is 0. The third-order valence-electron chi connectivity index (χ3n) is 2.79. The maximum atomic E-state index is 11.8. The van der Waals surface area contributed by atoms with E-state index in [-0.39, 0.29) is 18.4 Å². The number of amides is 2. The van der Waals surface area contributed by atoms with Crippen molar-refractivity contribution in [2.24, 2.45) is 0 Å². The Balaban J connectivity index is 1.80. The van der Waals surface area contributed by atoms with Gasteiger partial charge in [0, 0.05) is 38.6 Å². The number of carbonyl (C=O) groups excluding carboxylic acids is 2. The number of nitrogens with one attached hydrogen (secondary N) is 2. The zero-order valence-corrected chi connectivity index (χ0v) is 10.1. The van der Waals surface area contributed by atoms with Crippen LogP contribution in [0.25, 0.3) is 0 Å². The quantitative estimate of drug-likeness (QED) is 0.737. The molecule has 2 N–H and O–H groups in total. The normalized spacial score (nSPS) is 15.2. The summed E-state index contributed by atoms with van der Waals surface area (Å²) in [5.41, 5.74) is 0.464. The molecule has 1 saturated heterocycles. The van der Waals surface area contributed by atoms with Crippen molar-refractivity contribution in [3.8, 4) is 0 Å². The second-order valence-electron chi connectivity index (χ2n) is 4.06. The predicted octanol–water partition coefficient (Wildman–Crippen LogP) is -0.757. The van der Waals surface area contributed by atoms with E-state index < -0.39 is 0 Å². The van der Waals surface area contributed by atoms with Gasteiger partial charge >= 0.3 is 0 Å². The van der Waals surface area contributed by atoms with Gasteiger partial charge in [-0.25, -0.2) is 0 Å². The van der Waals surface area contributed by atoms with Crippen LogP contribution in [0.1, 0.15) is 10.4 Å². The van der Waals surface area contributed by atoms with Crippen molar-refractivity contribution < 1.29 is 9.59 Å². The molecule has 1 aromatic rings. The molecule has 1 aromatic heterocycles. The molecule has 1 fully saturated rings. The van der Waals surface area contributed by atoms with Crippen LogP contribution in [0, 0.1) is 0 Å². The lowest BCUT2D eigenvalue weighted by Crippen LogP contribution is -2.49. The summed E-state index contributed by atoms with van der Waals surface area (Å²) in [6.45, 7) is 3.04. The van der Waals surface area contributed by atoms with Crippen LogP contribution >= 0.6 is 0 Å². The highest BCUT2D eigenvalue weighted by Gasteiger charge is 2.16. The SMILES string of the molecule is O=C(NCC(=O)N1CCNCC1)c1cccnc1. The summed E-state index contributed by atoms with van der Waals surface area (Å²) in [6, 6.07) is 3.35. The molecular formula is C12H16N4O2. The van der Waals surface area contributed by atoms with Crippen LogP contribution in [0.2, 0.25) is 0 Å². The Morgan fingerprint density at radius 3 is 2.83 bits per heavy atom. The van der Waals surface area contributed by atoms with Gasteiger partial charge in [0.2, 0.25) is 5.91 Å². The van der Waals surface area contributed by atoms with Gasteiger partial charge in [0.15, 0.2) is 0 Å². The second kappa shape index (κ2) is 6.11. The van der Waals surface area contributed by atoms with E-state index in [4.69, 9.17) is 0 Å². The molecule has 0 radical (unpaired) electrons. The van der Waals surface area contributed by atoms with Crippen molar-refractivity contribution in [2.45, 2.75) is 0 Å². The molecule has 0 bridgehead atoms. The topological polar surface area (TPSA) is 74.3 Å². The van der Waals surface area contributed by atoms with Crippen LogP contribution in [0.4, 0.5) is 0 Å². The molecule has 0 aromatic carbocycles. The Kier molecular flexibility index (Phi) is 4.25. The highest BCUT2D eigenvalue weighted by Crippen LogP contribution is 1.96. The van der Waals surface area contributed by atoms with Gasteiger partial charge in [-0.3, -0.25) is 14.6 Å². The molecule has 2 amide bonds. The second-order valence-corrected chi connectivity index (χ2v) is 4.06. The van der Waals surface area contributed by atoms with E-state index in [0.717, 1.165) is 13.1 Å². The van der Waals surface area contributed by atoms with Crippen molar-refractivity contribution in [2.75, 3.05) is 32.7 Å². The van der Waals surface area contributed by atoms with Crippen molar-refractivity contribution >= 4 is 11.8 Å². The number of hydrogen-bond acceptors (Lipinski definition) is 4. The Bertz CT molecular complexity index is 415. The highest BCUT2D eigenvalue weighted by molar-refractivity contribution is 5.96. The molecule has 2 heterocycles. The number of aromatic nitrogens is 1. The lowest BCUT2D eigenvalue weighted by molar-refractivity contribution is -0.130. The number of piperazine rings is 1.